The van der Waals surface area contributed by atoms with Crippen LogP contribution in [0.15, 0.2) is 36.4 Å². The largest absolute Gasteiger partial charge is 0.490 e. The van der Waals surface area contributed by atoms with Gasteiger partial charge in [-0.25, -0.2) is 9.18 Å². The summed E-state index contributed by atoms with van der Waals surface area (Å²) in [4.78, 5) is 25.8. The van der Waals surface area contributed by atoms with Gasteiger partial charge in [0.1, 0.15) is 30.3 Å². The number of cyclic esters (lactones) is 1. The van der Waals surface area contributed by atoms with Crippen molar-refractivity contribution in [1.29, 1.82) is 5.26 Å². The Morgan fingerprint density at radius 1 is 1.23 bits per heavy atom. The minimum Gasteiger partial charge on any atom is -0.490 e. The Balaban J connectivity index is 1.25. The van der Waals surface area contributed by atoms with E-state index in [0.29, 0.717) is 42.8 Å². The van der Waals surface area contributed by atoms with E-state index in [1.807, 2.05) is 11.0 Å². The Kier molecular flexibility index (Phi) is 5.66. The molecule has 0 atom stereocenters. The van der Waals surface area contributed by atoms with Gasteiger partial charge in [-0.2, -0.15) is 5.26 Å². The van der Waals surface area contributed by atoms with Gasteiger partial charge in [0, 0.05) is 37.9 Å². The fourth-order valence-corrected chi connectivity index (χ4v) is 3.81. The zero-order valence-corrected chi connectivity index (χ0v) is 16.4. The van der Waals surface area contributed by atoms with Crippen LogP contribution in [0.4, 0.5) is 4.39 Å². The second-order valence-corrected chi connectivity index (χ2v) is 7.52. The van der Waals surface area contributed by atoms with Gasteiger partial charge in [0.05, 0.1) is 11.1 Å². The maximum atomic E-state index is 13.7. The van der Waals surface area contributed by atoms with Crippen LogP contribution in [0.25, 0.3) is 0 Å². The first-order chi connectivity index (χ1) is 14.5. The highest BCUT2D eigenvalue weighted by Crippen LogP contribution is 2.27. The van der Waals surface area contributed by atoms with Crippen molar-refractivity contribution in [3.05, 3.63) is 64.5 Å². The Bertz CT molecular complexity index is 1020. The summed E-state index contributed by atoms with van der Waals surface area (Å²) < 4.78 is 24.7. The molecule has 0 spiro atoms. The molecule has 2 aromatic carbocycles. The van der Waals surface area contributed by atoms with Crippen LogP contribution in [0.2, 0.25) is 0 Å². The maximum absolute atomic E-state index is 13.7. The number of ether oxygens (including phenoxy) is 2. The second kappa shape index (κ2) is 8.54. The predicted molar refractivity (Wildman–Crippen MR) is 105 cm³/mol. The minimum atomic E-state index is -0.553. The van der Waals surface area contributed by atoms with Gasteiger partial charge in [0.15, 0.2) is 0 Å². The molecule has 2 aliphatic rings. The van der Waals surface area contributed by atoms with Crippen molar-refractivity contribution in [3.8, 4) is 11.8 Å². The molecule has 4 rings (SSSR count). The van der Waals surface area contributed by atoms with E-state index in [1.54, 1.807) is 24.3 Å². The van der Waals surface area contributed by atoms with Crippen LogP contribution in [-0.2, 0) is 22.6 Å². The van der Waals surface area contributed by atoms with Crippen LogP contribution in [0.5, 0.6) is 5.75 Å². The van der Waals surface area contributed by atoms with E-state index in [0.717, 1.165) is 18.4 Å². The van der Waals surface area contributed by atoms with Gasteiger partial charge in [-0.1, -0.05) is 6.07 Å². The molecule has 0 N–H and O–H groups in total. The summed E-state index contributed by atoms with van der Waals surface area (Å²) >= 11 is 0. The number of hydrogen-bond donors (Lipinski definition) is 0. The van der Waals surface area contributed by atoms with Crippen molar-refractivity contribution >= 4 is 11.9 Å². The predicted octanol–water partition coefficient (Wildman–Crippen LogP) is 3.37. The lowest BCUT2D eigenvalue weighted by molar-refractivity contribution is -0.132. The van der Waals surface area contributed by atoms with E-state index < -0.39 is 5.82 Å². The molecule has 1 saturated heterocycles. The fraction of sp³-hybridized carbons (Fsp3) is 0.348. The average Bonchev–Trinajstić information content (AvgIpc) is 3.13. The maximum Gasteiger partial charge on any atom is 0.338 e. The number of nitriles is 1. The summed E-state index contributed by atoms with van der Waals surface area (Å²) in [6.45, 7) is 1.50. The Hall–Kier alpha value is -3.40. The van der Waals surface area contributed by atoms with Gasteiger partial charge < -0.3 is 14.4 Å². The molecule has 30 heavy (non-hydrogen) atoms. The van der Waals surface area contributed by atoms with Crippen molar-refractivity contribution in [2.24, 2.45) is 0 Å². The summed E-state index contributed by atoms with van der Waals surface area (Å²) in [7, 11) is 0. The number of rotatable bonds is 5. The molecule has 0 aliphatic carbocycles. The number of halogens is 1. The third-order valence-corrected chi connectivity index (χ3v) is 5.53. The number of piperidine rings is 1. The van der Waals surface area contributed by atoms with E-state index in [2.05, 4.69) is 0 Å². The van der Waals surface area contributed by atoms with Gasteiger partial charge in [0.2, 0.25) is 5.91 Å². The number of esters is 1. The van der Waals surface area contributed by atoms with Gasteiger partial charge in [-0.05, 0) is 42.3 Å². The monoisotopic (exact) mass is 408 g/mol. The molecule has 0 aromatic heterocycles. The molecular weight excluding hydrogens is 387 g/mol. The molecule has 2 heterocycles. The summed E-state index contributed by atoms with van der Waals surface area (Å²) in [6.07, 6.45) is 2.20. The smallest absolute Gasteiger partial charge is 0.338 e. The molecule has 0 radical (unpaired) electrons. The van der Waals surface area contributed by atoms with Crippen molar-refractivity contribution < 1.29 is 23.5 Å². The molecule has 0 unspecified atom stereocenters. The van der Waals surface area contributed by atoms with Crippen LogP contribution in [0.3, 0.4) is 0 Å². The second-order valence-electron chi connectivity index (χ2n) is 7.52. The van der Waals surface area contributed by atoms with E-state index >= 15 is 0 Å². The SMILES string of the molecule is N#Cc1ccc(CCC(=O)N2CCC(Oc3ccc4c(c3)COC4=O)CC2)cc1F. The highest BCUT2D eigenvalue weighted by molar-refractivity contribution is 5.93. The number of nitrogens with zero attached hydrogens (tertiary/aromatic N) is 2. The Morgan fingerprint density at radius 2 is 2.03 bits per heavy atom. The third-order valence-electron chi connectivity index (χ3n) is 5.53. The normalized spacial score (nSPS) is 16.0. The number of amides is 1. The molecule has 2 aromatic rings. The van der Waals surface area contributed by atoms with Crippen molar-refractivity contribution in [2.45, 2.75) is 38.4 Å². The van der Waals surface area contributed by atoms with E-state index in [1.165, 1.54) is 12.1 Å². The fourth-order valence-electron chi connectivity index (χ4n) is 3.81. The number of benzene rings is 2. The summed E-state index contributed by atoms with van der Waals surface area (Å²) in [5.74, 6) is -0.110. The molecule has 2 aliphatic heterocycles. The molecule has 7 heteroatoms. The van der Waals surface area contributed by atoms with Crippen molar-refractivity contribution in [1.82, 2.24) is 4.90 Å². The number of carbonyl (C=O) groups excluding carboxylic acids is 2. The standard InChI is InChI=1S/C23H21FN2O4/c24-21-11-15(1-3-16(21)13-25)2-6-22(27)26-9-7-18(8-10-26)30-19-4-5-20-17(12-19)14-29-23(20)28/h1,3-5,11-12,18H,2,6-10,14H2. The minimum absolute atomic E-state index is 0.00893. The molecule has 1 fully saturated rings. The third kappa shape index (κ3) is 4.28. The average molecular weight is 408 g/mol. The van der Waals surface area contributed by atoms with Crippen LogP contribution >= 0.6 is 0 Å². The number of likely N-dealkylation sites (tertiary alicyclic amines) is 1. The van der Waals surface area contributed by atoms with Crippen LogP contribution in [0.1, 0.15) is 46.3 Å². The van der Waals surface area contributed by atoms with E-state index in [4.69, 9.17) is 14.7 Å². The number of aryl methyl sites for hydroxylation is 1. The zero-order valence-electron chi connectivity index (χ0n) is 16.4. The molecule has 154 valence electrons. The van der Waals surface area contributed by atoms with Crippen LogP contribution < -0.4 is 4.74 Å². The lowest BCUT2D eigenvalue weighted by Gasteiger charge is -2.32. The van der Waals surface area contributed by atoms with Crippen molar-refractivity contribution in [3.63, 3.8) is 0 Å². The first kappa shape index (κ1) is 19.9. The first-order valence-electron chi connectivity index (χ1n) is 9.96. The topological polar surface area (TPSA) is 79.6 Å². The molecular formula is C23H21FN2O4. The number of fused-ring (bicyclic) bond motifs is 1. The molecule has 0 saturated carbocycles. The van der Waals surface area contributed by atoms with Crippen LogP contribution in [0, 0.1) is 17.1 Å². The molecule has 1 amide bonds. The van der Waals surface area contributed by atoms with E-state index in [-0.39, 0.29) is 30.2 Å². The van der Waals surface area contributed by atoms with Gasteiger partial charge in [-0.3, -0.25) is 4.79 Å². The van der Waals surface area contributed by atoms with Gasteiger partial charge in [-0.15, -0.1) is 0 Å². The lowest BCUT2D eigenvalue weighted by atomic mass is 10.0. The quantitative estimate of drug-likeness (QED) is 0.709. The summed E-state index contributed by atoms with van der Waals surface area (Å²) in [6, 6.07) is 11.6. The van der Waals surface area contributed by atoms with Crippen molar-refractivity contribution in [2.75, 3.05) is 13.1 Å². The molecule has 0 bridgehead atoms. The molecule has 6 nitrogen and oxygen atoms in total. The highest BCUT2D eigenvalue weighted by Gasteiger charge is 2.25. The Morgan fingerprint density at radius 3 is 2.77 bits per heavy atom. The highest BCUT2D eigenvalue weighted by atomic mass is 19.1. The van der Waals surface area contributed by atoms with Gasteiger partial charge >= 0.3 is 5.97 Å². The van der Waals surface area contributed by atoms with Crippen LogP contribution in [-0.4, -0.2) is 36.0 Å². The lowest BCUT2D eigenvalue weighted by Crippen LogP contribution is -2.41. The Labute approximate surface area is 173 Å². The number of hydrogen-bond acceptors (Lipinski definition) is 5. The number of carbonyl (C=O) groups is 2. The summed E-state index contributed by atoms with van der Waals surface area (Å²) in [5.41, 5.74) is 2.14. The first-order valence-corrected chi connectivity index (χ1v) is 9.96. The summed E-state index contributed by atoms with van der Waals surface area (Å²) in [5, 5.41) is 8.78. The van der Waals surface area contributed by atoms with Gasteiger partial charge in [0.25, 0.3) is 0 Å². The zero-order chi connectivity index (χ0) is 21.1. The van der Waals surface area contributed by atoms with E-state index in [9.17, 15) is 14.0 Å².